The molecule has 5 rings (SSSR count). The Hall–Kier alpha value is -3.15. The van der Waals surface area contributed by atoms with Gasteiger partial charge in [-0.2, -0.15) is 0 Å². The summed E-state index contributed by atoms with van der Waals surface area (Å²) in [5, 5.41) is 0. The minimum Gasteiger partial charge on any atom is -0.462 e. The smallest absolute Gasteiger partial charge is 0.334 e. The minimum atomic E-state index is -0.270. The number of cyclic esters (lactones) is 1. The molecule has 0 saturated carbocycles. The lowest BCUT2D eigenvalue weighted by Gasteiger charge is -2.09. The van der Waals surface area contributed by atoms with Crippen LogP contribution in [0, 0.1) is 5.92 Å². The van der Waals surface area contributed by atoms with E-state index in [4.69, 9.17) is 23.7 Å². The SMILES string of the molecule is O=C1OC[C@@H](Cc2ccc3c(c2)OCO3)/C1=C/c1ccc2c(c1)OCO2. The highest BCUT2D eigenvalue weighted by Gasteiger charge is 2.31. The van der Waals surface area contributed by atoms with Crippen molar-refractivity contribution in [3.63, 3.8) is 0 Å². The van der Waals surface area contributed by atoms with Crippen LogP contribution in [0.3, 0.4) is 0 Å². The van der Waals surface area contributed by atoms with Gasteiger partial charge in [-0.15, -0.1) is 0 Å². The predicted molar refractivity (Wildman–Crippen MR) is 91.3 cm³/mol. The third-order valence-electron chi connectivity index (χ3n) is 4.73. The Morgan fingerprint density at radius 2 is 1.54 bits per heavy atom. The van der Waals surface area contributed by atoms with Crippen molar-refractivity contribution >= 4 is 12.0 Å². The van der Waals surface area contributed by atoms with E-state index in [-0.39, 0.29) is 25.5 Å². The molecule has 6 heteroatoms. The molecule has 1 fully saturated rings. The first kappa shape index (κ1) is 15.1. The Bertz CT molecular complexity index is 917. The van der Waals surface area contributed by atoms with E-state index >= 15 is 0 Å². The molecule has 2 aromatic rings. The molecule has 6 nitrogen and oxygen atoms in total. The zero-order valence-corrected chi connectivity index (χ0v) is 13.9. The molecule has 1 atom stereocenters. The van der Waals surface area contributed by atoms with E-state index in [0.717, 1.165) is 28.4 Å². The first-order valence-electron chi connectivity index (χ1n) is 8.43. The molecule has 3 aliphatic heterocycles. The molecule has 3 heterocycles. The van der Waals surface area contributed by atoms with E-state index in [2.05, 4.69) is 0 Å². The maximum absolute atomic E-state index is 12.2. The number of carbonyl (C=O) groups is 1. The molecule has 2 aromatic carbocycles. The Balaban J connectivity index is 1.41. The highest BCUT2D eigenvalue weighted by atomic mass is 16.7. The first-order chi connectivity index (χ1) is 12.8. The van der Waals surface area contributed by atoms with Crippen molar-refractivity contribution in [2.45, 2.75) is 6.42 Å². The molecule has 0 aliphatic carbocycles. The summed E-state index contributed by atoms with van der Waals surface area (Å²) in [5.74, 6) is 2.63. The van der Waals surface area contributed by atoms with Crippen LogP contribution in [-0.2, 0) is 16.0 Å². The van der Waals surface area contributed by atoms with Gasteiger partial charge in [-0.3, -0.25) is 0 Å². The Labute approximate surface area is 149 Å². The van der Waals surface area contributed by atoms with Crippen LogP contribution in [0.25, 0.3) is 6.08 Å². The van der Waals surface area contributed by atoms with E-state index in [1.807, 2.05) is 42.5 Å². The van der Waals surface area contributed by atoms with Crippen LogP contribution in [0.2, 0.25) is 0 Å². The lowest BCUT2D eigenvalue weighted by Crippen LogP contribution is -2.07. The van der Waals surface area contributed by atoms with Crippen molar-refractivity contribution < 1.29 is 28.5 Å². The minimum absolute atomic E-state index is 0.00621. The summed E-state index contributed by atoms with van der Waals surface area (Å²) in [6.45, 7) is 0.854. The summed E-state index contributed by atoms with van der Waals surface area (Å²) in [6.07, 6.45) is 2.56. The fourth-order valence-electron chi connectivity index (χ4n) is 3.40. The number of benzene rings is 2. The van der Waals surface area contributed by atoms with Crippen molar-refractivity contribution in [3.8, 4) is 23.0 Å². The lowest BCUT2D eigenvalue weighted by atomic mass is 9.92. The molecule has 0 aromatic heterocycles. The maximum Gasteiger partial charge on any atom is 0.334 e. The fraction of sp³-hybridized carbons (Fsp3) is 0.250. The third kappa shape index (κ3) is 2.63. The van der Waals surface area contributed by atoms with E-state index in [0.29, 0.717) is 24.4 Å². The highest BCUT2D eigenvalue weighted by Crippen LogP contribution is 2.36. The van der Waals surface area contributed by atoms with Gasteiger partial charge < -0.3 is 23.7 Å². The molecule has 0 spiro atoms. The summed E-state index contributed by atoms with van der Waals surface area (Å²) in [7, 11) is 0. The number of ether oxygens (including phenoxy) is 5. The summed E-state index contributed by atoms with van der Waals surface area (Å²) in [5.41, 5.74) is 2.63. The van der Waals surface area contributed by atoms with Crippen molar-refractivity contribution in [1.82, 2.24) is 0 Å². The Morgan fingerprint density at radius 1 is 0.846 bits per heavy atom. The quantitative estimate of drug-likeness (QED) is 0.625. The van der Waals surface area contributed by atoms with E-state index < -0.39 is 0 Å². The lowest BCUT2D eigenvalue weighted by molar-refractivity contribution is -0.135. The average Bonchev–Trinajstić information content (AvgIpc) is 3.37. The van der Waals surface area contributed by atoms with Crippen LogP contribution in [0.15, 0.2) is 42.0 Å². The number of fused-ring (bicyclic) bond motifs is 2. The zero-order chi connectivity index (χ0) is 17.5. The maximum atomic E-state index is 12.2. The third-order valence-corrected chi connectivity index (χ3v) is 4.73. The standard InChI is InChI=1S/C20H16O6/c21-20-15(6-13-2-4-17-19(8-13)26-11-24-17)14(9-22-20)5-12-1-3-16-18(7-12)25-10-23-16/h1-4,6-8,14H,5,9-11H2/b15-6-/t14-/m1/s1. The molecule has 1 saturated heterocycles. The van der Waals surface area contributed by atoms with Gasteiger partial charge in [-0.05, 0) is 47.9 Å². The molecule has 0 amide bonds. The van der Waals surface area contributed by atoms with Crippen molar-refractivity contribution in [2.75, 3.05) is 20.2 Å². The van der Waals surface area contributed by atoms with Crippen molar-refractivity contribution in [3.05, 3.63) is 53.1 Å². The first-order valence-corrected chi connectivity index (χ1v) is 8.43. The summed E-state index contributed by atoms with van der Waals surface area (Å²) in [6, 6.07) is 11.5. The molecular formula is C20H16O6. The van der Waals surface area contributed by atoms with E-state index in [1.54, 1.807) is 0 Å². The van der Waals surface area contributed by atoms with Gasteiger partial charge in [0.05, 0.1) is 6.61 Å². The number of hydrogen-bond acceptors (Lipinski definition) is 6. The topological polar surface area (TPSA) is 63.2 Å². The molecule has 0 N–H and O–H groups in total. The van der Waals surface area contributed by atoms with Gasteiger partial charge in [-0.25, -0.2) is 4.79 Å². The molecule has 3 aliphatic rings. The highest BCUT2D eigenvalue weighted by molar-refractivity contribution is 5.96. The van der Waals surface area contributed by atoms with Crippen LogP contribution in [0.1, 0.15) is 11.1 Å². The van der Waals surface area contributed by atoms with Gasteiger partial charge in [0.1, 0.15) is 0 Å². The average molecular weight is 352 g/mol. The van der Waals surface area contributed by atoms with Gasteiger partial charge in [0, 0.05) is 11.5 Å². The van der Waals surface area contributed by atoms with Gasteiger partial charge in [0.25, 0.3) is 0 Å². The van der Waals surface area contributed by atoms with Crippen LogP contribution in [-0.4, -0.2) is 26.2 Å². The van der Waals surface area contributed by atoms with Gasteiger partial charge in [-0.1, -0.05) is 12.1 Å². The second-order valence-corrected chi connectivity index (χ2v) is 6.40. The van der Waals surface area contributed by atoms with Gasteiger partial charge in [0.2, 0.25) is 13.6 Å². The molecule has 26 heavy (non-hydrogen) atoms. The van der Waals surface area contributed by atoms with Crippen molar-refractivity contribution in [2.24, 2.45) is 5.92 Å². The summed E-state index contributed by atoms with van der Waals surface area (Å²) in [4.78, 5) is 12.2. The molecule has 0 bridgehead atoms. The van der Waals surface area contributed by atoms with Crippen LogP contribution in [0.4, 0.5) is 0 Å². The van der Waals surface area contributed by atoms with Crippen molar-refractivity contribution in [1.29, 1.82) is 0 Å². The number of carbonyl (C=O) groups excluding carboxylic acids is 1. The summed E-state index contributed by atoms with van der Waals surface area (Å²) < 4.78 is 26.8. The zero-order valence-electron chi connectivity index (χ0n) is 13.9. The number of hydrogen-bond donors (Lipinski definition) is 0. The molecular weight excluding hydrogens is 336 g/mol. The number of esters is 1. The monoisotopic (exact) mass is 352 g/mol. The normalized spacial score (nSPS) is 21.3. The predicted octanol–water partition coefficient (Wildman–Crippen LogP) is 2.94. The second kappa shape index (κ2) is 5.98. The molecule has 132 valence electrons. The second-order valence-electron chi connectivity index (χ2n) is 6.40. The van der Waals surface area contributed by atoms with E-state index in [1.165, 1.54) is 0 Å². The molecule has 0 unspecified atom stereocenters. The van der Waals surface area contributed by atoms with Gasteiger partial charge >= 0.3 is 5.97 Å². The van der Waals surface area contributed by atoms with Crippen LogP contribution < -0.4 is 18.9 Å². The largest absolute Gasteiger partial charge is 0.462 e. The fourth-order valence-corrected chi connectivity index (χ4v) is 3.40. The Morgan fingerprint density at radius 3 is 2.35 bits per heavy atom. The molecule has 0 radical (unpaired) electrons. The Kier molecular flexibility index (Phi) is 3.48. The van der Waals surface area contributed by atoms with Crippen LogP contribution in [0.5, 0.6) is 23.0 Å². The van der Waals surface area contributed by atoms with Gasteiger partial charge in [0.15, 0.2) is 23.0 Å². The number of rotatable bonds is 3. The van der Waals surface area contributed by atoms with Crippen LogP contribution >= 0.6 is 0 Å². The van der Waals surface area contributed by atoms with E-state index in [9.17, 15) is 4.79 Å². The summed E-state index contributed by atoms with van der Waals surface area (Å²) >= 11 is 0.